The van der Waals surface area contributed by atoms with E-state index in [0.29, 0.717) is 0 Å². The molecule has 0 aromatic heterocycles. The molecule has 0 aromatic carbocycles. The van der Waals surface area contributed by atoms with Crippen LogP contribution in [0.4, 0.5) is 0 Å². The second-order valence-electron chi connectivity index (χ2n) is 2.99. The van der Waals surface area contributed by atoms with Gasteiger partial charge in [0.15, 0.2) is 0 Å². The van der Waals surface area contributed by atoms with Crippen LogP contribution in [-0.2, 0) is 37.1 Å². The summed E-state index contributed by atoms with van der Waals surface area (Å²) in [7, 11) is -12.2. The zero-order chi connectivity index (χ0) is 15.3. The fourth-order valence-corrected chi connectivity index (χ4v) is 14.4. The van der Waals surface area contributed by atoms with Gasteiger partial charge in [-0.05, 0) is 0 Å². The Labute approximate surface area is 123 Å². The Hall–Kier alpha value is 0.613. The van der Waals surface area contributed by atoms with E-state index in [1.54, 1.807) is 0 Å². The number of hydrogen-bond acceptors (Lipinski definition) is 9. The summed E-state index contributed by atoms with van der Waals surface area (Å²) >= 11 is -4.64. The Bertz CT molecular complexity index is 490. The molecule has 0 heterocycles. The van der Waals surface area contributed by atoms with Gasteiger partial charge in [-0.3, -0.25) is 0 Å². The van der Waals surface area contributed by atoms with Crippen LogP contribution in [-0.4, -0.2) is 65.6 Å². The van der Waals surface area contributed by atoms with Gasteiger partial charge < -0.3 is 0 Å². The van der Waals surface area contributed by atoms with Crippen LogP contribution in [0.25, 0.3) is 0 Å². The zero-order valence-corrected chi connectivity index (χ0v) is 16.4. The average Bonchev–Trinajstić information content (AvgIpc) is 2.27. The number of rotatable bonds is 9. The van der Waals surface area contributed by atoms with Crippen molar-refractivity contribution >= 4 is 53.4 Å². The number of hydrogen-bond donors (Lipinski definition) is 0. The van der Waals surface area contributed by atoms with E-state index in [4.69, 9.17) is 0 Å². The third-order valence-electron chi connectivity index (χ3n) is 1.58. The summed E-state index contributed by atoms with van der Waals surface area (Å²) < 4.78 is 80.7. The van der Waals surface area contributed by atoms with Crippen molar-refractivity contribution in [3.8, 4) is 0 Å². The molecule has 0 rings (SSSR count). The standard InChI is InChI=1S/3C2H6O3S.Bi/c3*1-2-6(3,4)5;/h3*2H2,1H3,(H,3,4,5);/q;;;+3/p-3. The second-order valence-corrected chi connectivity index (χ2v) is 15.5. The summed E-state index contributed by atoms with van der Waals surface area (Å²) in [4.78, 5) is 0. The van der Waals surface area contributed by atoms with Gasteiger partial charge in [-0.15, -0.1) is 0 Å². The van der Waals surface area contributed by atoms with Gasteiger partial charge in [-0.1, -0.05) is 0 Å². The molecule has 0 aromatic rings. The van der Waals surface area contributed by atoms with Gasteiger partial charge in [0.2, 0.25) is 0 Å². The van der Waals surface area contributed by atoms with Gasteiger partial charge in [-0.25, -0.2) is 0 Å². The predicted octanol–water partition coefficient (Wildman–Crippen LogP) is -0.930. The van der Waals surface area contributed by atoms with E-state index in [9.17, 15) is 25.3 Å². The SMILES string of the molecule is CCS(=O)(=O)[O][Bi]([O]S(=O)(=O)CC)[O]S(=O)(=O)CC. The molecule has 0 radical (unpaired) electrons. The van der Waals surface area contributed by atoms with Crippen molar-refractivity contribution in [3.63, 3.8) is 0 Å². The summed E-state index contributed by atoms with van der Waals surface area (Å²) in [6.07, 6.45) is 0. The maximum absolute atomic E-state index is 11.2. The molecule has 0 saturated carbocycles. The molecule has 0 bridgehead atoms. The van der Waals surface area contributed by atoms with Crippen molar-refractivity contribution in [2.45, 2.75) is 20.8 Å². The van der Waals surface area contributed by atoms with Gasteiger partial charge in [0.05, 0.1) is 0 Å². The Morgan fingerprint density at radius 2 is 0.842 bits per heavy atom. The van der Waals surface area contributed by atoms with E-state index in [1.807, 2.05) is 0 Å². The molecule has 0 aliphatic rings. The Morgan fingerprint density at radius 1 is 0.632 bits per heavy atom. The van der Waals surface area contributed by atoms with Crippen LogP contribution in [0.1, 0.15) is 20.8 Å². The normalized spacial score (nSPS) is 13.9. The molecule has 19 heavy (non-hydrogen) atoms. The summed E-state index contributed by atoms with van der Waals surface area (Å²) in [5.74, 6) is -1.36. The van der Waals surface area contributed by atoms with Crippen LogP contribution in [0.2, 0.25) is 0 Å². The molecule has 9 nitrogen and oxygen atoms in total. The van der Waals surface area contributed by atoms with Crippen LogP contribution >= 0.6 is 0 Å². The minimum absolute atomic E-state index is 0.454. The van der Waals surface area contributed by atoms with Gasteiger partial charge in [-0.2, -0.15) is 0 Å². The first kappa shape index (κ1) is 19.6. The van der Waals surface area contributed by atoms with E-state index >= 15 is 0 Å². The first-order chi connectivity index (χ1) is 8.47. The van der Waals surface area contributed by atoms with Crippen LogP contribution in [0, 0.1) is 0 Å². The Morgan fingerprint density at radius 3 is 1.00 bits per heavy atom. The van der Waals surface area contributed by atoms with Crippen molar-refractivity contribution in [1.29, 1.82) is 0 Å². The van der Waals surface area contributed by atoms with E-state index < -0.39 is 70.7 Å². The van der Waals surface area contributed by atoms with E-state index in [2.05, 4.69) is 6.78 Å². The molecule has 0 saturated heterocycles. The topological polar surface area (TPSA) is 130 Å². The molecular formula is C6H15BiO9S3. The van der Waals surface area contributed by atoms with E-state index in [1.165, 1.54) is 20.8 Å². The fourth-order valence-electron chi connectivity index (χ4n) is 0.474. The van der Waals surface area contributed by atoms with Crippen LogP contribution in [0.3, 0.4) is 0 Å². The average molecular weight is 536 g/mol. The van der Waals surface area contributed by atoms with E-state index in [-0.39, 0.29) is 0 Å². The third kappa shape index (κ3) is 8.48. The quantitative estimate of drug-likeness (QED) is 0.343. The fraction of sp³-hybridized carbons (Fsp3) is 1.00. The zero-order valence-electron chi connectivity index (χ0n) is 10.5. The second kappa shape index (κ2) is 7.57. The van der Waals surface area contributed by atoms with Crippen molar-refractivity contribution in [2.75, 3.05) is 17.3 Å². The summed E-state index contributed by atoms with van der Waals surface area (Å²) in [6, 6.07) is 0. The van der Waals surface area contributed by atoms with Crippen molar-refractivity contribution in [3.05, 3.63) is 0 Å². The molecule has 0 atom stereocenters. The van der Waals surface area contributed by atoms with Crippen LogP contribution < -0.4 is 0 Å². The molecule has 0 spiro atoms. The van der Waals surface area contributed by atoms with Crippen LogP contribution in [0.15, 0.2) is 0 Å². The van der Waals surface area contributed by atoms with Crippen LogP contribution in [0.5, 0.6) is 0 Å². The summed E-state index contributed by atoms with van der Waals surface area (Å²) in [6.45, 7) is 3.75. The van der Waals surface area contributed by atoms with Gasteiger partial charge in [0.1, 0.15) is 0 Å². The van der Waals surface area contributed by atoms with E-state index in [0.717, 1.165) is 0 Å². The molecule has 13 heteroatoms. The van der Waals surface area contributed by atoms with Gasteiger partial charge in [0.25, 0.3) is 0 Å². The third-order valence-corrected chi connectivity index (χ3v) is 17.0. The van der Waals surface area contributed by atoms with Crippen molar-refractivity contribution in [2.24, 2.45) is 0 Å². The molecule has 0 aliphatic heterocycles. The first-order valence-corrected chi connectivity index (χ1v) is 14.0. The molecule has 0 aliphatic carbocycles. The summed E-state index contributed by atoms with van der Waals surface area (Å²) in [5.41, 5.74) is 0. The Balaban J connectivity index is 5.17. The van der Waals surface area contributed by atoms with Crippen molar-refractivity contribution < 1.29 is 32.0 Å². The Kier molecular flexibility index (Phi) is 7.82. The monoisotopic (exact) mass is 536 g/mol. The van der Waals surface area contributed by atoms with Gasteiger partial charge >= 0.3 is 123 Å². The molecule has 0 N–H and O–H groups in total. The molecule has 0 fully saturated rings. The first-order valence-electron chi connectivity index (χ1n) is 5.04. The maximum atomic E-state index is 11.2. The summed E-state index contributed by atoms with van der Waals surface area (Å²) in [5, 5.41) is 0. The molecule has 0 amide bonds. The molecular weight excluding hydrogens is 521 g/mol. The van der Waals surface area contributed by atoms with Gasteiger partial charge in [0, 0.05) is 0 Å². The molecule has 116 valence electrons. The van der Waals surface area contributed by atoms with Crippen molar-refractivity contribution in [1.82, 2.24) is 0 Å². The predicted molar refractivity (Wildman–Crippen MR) is 67.4 cm³/mol. The minimum atomic E-state index is -4.64. The molecule has 0 unspecified atom stereocenters.